The van der Waals surface area contributed by atoms with Gasteiger partial charge in [-0.3, -0.25) is 0 Å². The average Bonchev–Trinajstić information content (AvgIpc) is 1.99. The Morgan fingerprint density at radius 2 is 1.92 bits per heavy atom. The second-order valence-electron chi connectivity index (χ2n) is 4.49. The molecule has 1 aliphatic rings. The van der Waals surface area contributed by atoms with E-state index >= 15 is 0 Å². The summed E-state index contributed by atoms with van der Waals surface area (Å²) in [6.45, 7) is 10.0. The maximum atomic E-state index is 5.74. The Hall–Kier alpha value is -0.120. The largest absolute Gasteiger partial charge is 0.328 e. The third-order valence-electron chi connectivity index (χ3n) is 2.53. The van der Waals surface area contributed by atoms with Crippen LogP contribution < -0.4 is 11.1 Å². The van der Waals surface area contributed by atoms with Crippen LogP contribution >= 0.6 is 0 Å². The fraction of sp³-hybridized carbons (Fsp3) is 1.00. The van der Waals surface area contributed by atoms with Crippen LogP contribution in [-0.4, -0.2) is 42.7 Å². The van der Waals surface area contributed by atoms with Gasteiger partial charge in [0.1, 0.15) is 0 Å². The lowest BCUT2D eigenvalue weighted by Gasteiger charge is -2.36. The lowest BCUT2D eigenvalue weighted by atomic mass is 10.1. The van der Waals surface area contributed by atoms with E-state index in [-0.39, 0.29) is 0 Å². The molecular formula is C10H23N3. The predicted octanol–water partition coefficient (Wildman–Crippen LogP) is 0.406. The first-order chi connectivity index (χ1) is 6.08. The third-order valence-corrected chi connectivity index (χ3v) is 2.53. The van der Waals surface area contributed by atoms with Crippen LogP contribution in [0.1, 0.15) is 27.2 Å². The minimum Gasteiger partial charge on any atom is -0.328 e. The number of rotatable bonds is 3. The molecule has 0 aliphatic carbocycles. The highest BCUT2D eigenvalue weighted by molar-refractivity contribution is 4.81. The molecule has 3 N–H and O–H groups in total. The molecule has 0 saturated carbocycles. The summed E-state index contributed by atoms with van der Waals surface area (Å²) in [7, 11) is 0. The predicted molar refractivity (Wildman–Crippen MR) is 56.8 cm³/mol. The van der Waals surface area contributed by atoms with E-state index in [4.69, 9.17) is 5.73 Å². The first-order valence-electron chi connectivity index (χ1n) is 5.32. The molecule has 0 aromatic heterocycles. The van der Waals surface area contributed by atoms with Crippen LogP contribution in [0.15, 0.2) is 0 Å². The summed E-state index contributed by atoms with van der Waals surface area (Å²) >= 11 is 0. The Balaban J connectivity index is 2.25. The van der Waals surface area contributed by atoms with Crippen molar-refractivity contribution in [3.63, 3.8) is 0 Å². The van der Waals surface area contributed by atoms with Gasteiger partial charge in [0, 0.05) is 31.2 Å². The quantitative estimate of drug-likeness (QED) is 0.669. The number of hydrogen-bond acceptors (Lipinski definition) is 3. The van der Waals surface area contributed by atoms with E-state index in [0.29, 0.717) is 18.1 Å². The van der Waals surface area contributed by atoms with Crippen molar-refractivity contribution in [1.82, 2.24) is 10.2 Å². The standard InChI is InChI=1S/C10H23N3/c1-8(11)4-5-13-6-9(2)12-10(3)7-13/h8-10,12H,4-7,11H2,1-3H3. The number of hydrogen-bond donors (Lipinski definition) is 2. The van der Waals surface area contributed by atoms with Gasteiger partial charge in [-0.05, 0) is 33.7 Å². The monoisotopic (exact) mass is 185 g/mol. The van der Waals surface area contributed by atoms with Gasteiger partial charge in [0.2, 0.25) is 0 Å². The first-order valence-corrected chi connectivity index (χ1v) is 5.32. The molecule has 1 fully saturated rings. The number of nitrogens with one attached hydrogen (secondary N) is 1. The van der Waals surface area contributed by atoms with Crippen molar-refractivity contribution in [2.75, 3.05) is 19.6 Å². The Kier molecular flexibility index (Phi) is 4.16. The molecule has 1 rings (SSSR count). The summed E-state index contributed by atoms with van der Waals surface area (Å²) in [4.78, 5) is 2.51. The van der Waals surface area contributed by atoms with Crippen LogP contribution in [0.25, 0.3) is 0 Å². The zero-order valence-electron chi connectivity index (χ0n) is 9.09. The molecule has 0 bridgehead atoms. The molecule has 0 amide bonds. The Labute approximate surface area is 81.7 Å². The average molecular weight is 185 g/mol. The topological polar surface area (TPSA) is 41.3 Å². The Morgan fingerprint density at radius 1 is 1.38 bits per heavy atom. The van der Waals surface area contributed by atoms with Crippen LogP contribution in [0.5, 0.6) is 0 Å². The van der Waals surface area contributed by atoms with Crippen molar-refractivity contribution in [3.8, 4) is 0 Å². The van der Waals surface area contributed by atoms with Crippen molar-refractivity contribution in [1.29, 1.82) is 0 Å². The van der Waals surface area contributed by atoms with Gasteiger partial charge in [0.15, 0.2) is 0 Å². The van der Waals surface area contributed by atoms with Gasteiger partial charge in [-0.1, -0.05) is 0 Å². The fourth-order valence-electron chi connectivity index (χ4n) is 2.01. The molecule has 78 valence electrons. The van der Waals surface area contributed by atoms with Crippen LogP contribution in [-0.2, 0) is 0 Å². The number of nitrogens with zero attached hydrogens (tertiary/aromatic N) is 1. The SMILES string of the molecule is CC(N)CCN1CC(C)NC(C)C1. The lowest BCUT2D eigenvalue weighted by Crippen LogP contribution is -2.54. The summed E-state index contributed by atoms with van der Waals surface area (Å²) in [5.74, 6) is 0. The van der Waals surface area contributed by atoms with Gasteiger partial charge in [-0.2, -0.15) is 0 Å². The summed E-state index contributed by atoms with van der Waals surface area (Å²) in [5.41, 5.74) is 5.74. The Morgan fingerprint density at radius 3 is 2.38 bits per heavy atom. The molecule has 0 aromatic carbocycles. The molecule has 0 radical (unpaired) electrons. The van der Waals surface area contributed by atoms with Crippen LogP contribution in [0.4, 0.5) is 0 Å². The van der Waals surface area contributed by atoms with Gasteiger partial charge >= 0.3 is 0 Å². The maximum Gasteiger partial charge on any atom is 0.0169 e. The summed E-state index contributed by atoms with van der Waals surface area (Å²) in [6.07, 6.45) is 1.11. The smallest absolute Gasteiger partial charge is 0.0169 e. The molecule has 1 aliphatic heterocycles. The van der Waals surface area contributed by atoms with Gasteiger partial charge in [0.05, 0.1) is 0 Å². The first kappa shape index (κ1) is 11.0. The van der Waals surface area contributed by atoms with Crippen molar-refractivity contribution < 1.29 is 0 Å². The highest BCUT2D eigenvalue weighted by Gasteiger charge is 2.20. The van der Waals surface area contributed by atoms with E-state index in [9.17, 15) is 0 Å². The van der Waals surface area contributed by atoms with Crippen LogP contribution in [0, 0.1) is 0 Å². The normalized spacial score (nSPS) is 33.2. The van der Waals surface area contributed by atoms with Crippen molar-refractivity contribution in [3.05, 3.63) is 0 Å². The maximum absolute atomic E-state index is 5.74. The zero-order chi connectivity index (χ0) is 9.84. The van der Waals surface area contributed by atoms with Crippen LogP contribution in [0.2, 0.25) is 0 Å². The number of piperazine rings is 1. The highest BCUT2D eigenvalue weighted by Crippen LogP contribution is 2.04. The molecule has 13 heavy (non-hydrogen) atoms. The minimum absolute atomic E-state index is 0.334. The van der Waals surface area contributed by atoms with Gasteiger partial charge in [-0.25, -0.2) is 0 Å². The lowest BCUT2D eigenvalue weighted by molar-refractivity contribution is 0.169. The summed E-state index contributed by atoms with van der Waals surface area (Å²) in [5, 5.41) is 3.52. The van der Waals surface area contributed by atoms with Gasteiger partial charge < -0.3 is 16.0 Å². The molecule has 3 nitrogen and oxygen atoms in total. The van der Waals surface area contributed by atoms with E-state index in [2.05, 4.69) is 31.0 Å². The van der Waals surface area contributed by atoms with Crippen molar-refractivity contribution in [2.45, 2.75) is 45.3 Å². The molecule has 1 saturated heterocycles. The summed E-state index contributed by atoms with van der Waals surface area (Å²) < 4.78 is 0. The number of nitrogens with two attached hydrogens (primary N) is 1. The second kappa shape index (κ2) is 4.94. The molecule has 1 heterocycles. The van der Waals surface area contributed by atoms with E-state index in [1.807, 2.05) is 0 Å². The van der Waals surface area contributed by atoms with Crippen molar-refractivity contribution >= 4 is 0 Å². The van der Waals surface area contributed by atoms with E-state index < -0.39 is 0 Å². The van der Waals surface area contributed by atoms with E-state index in [1.165, 1.54) is 0 Å². The Bertz CT molecular complexity index is 137. The molecule has 3 atom stereocenters. The van der Waals surface area contributed by atoms with E-state index in [0.717, 1.165) is 26.1 Å². The van der Waals surface area contributed by atoms with Gasteiger partial charge in [-0.15, -0.1) is 0 Å². The zero-order valence-corrected chi connectivity index (χ0v) is 9.09. The molecular weight excluding hydrogens is 162 g/mol. The molecule has 0 spiro atoms. The second-order valence-corrected chi connectivity index (χ2v) is 4.49. The molecule has 3 unspecified atom stereocenters. The van der Waals surface area contributed by atoms with E-state index in [1.54, 1.807) is 0 Å². The van der Waals surface area contributed by atoms with Gasteiger partial charge in [0.25, 0.3) is 0 Å². The minimum atomic E-state index is 0.334. The summed E-state index contributed by atoms with van der Waals surface area (Å²) in [6, 6.07) is 1.58. The molecule has 3 heteroatoms. The van der Waals surface area contributed by atoms with Crippen molar-refractivity contribution in [2.24, 2.45) is 5.73 Å². The third kappa shape index (κ3) is 4.07. The highest BCUT2D eigenvalue weighted by atomic mass is 15.2. The fourth-order valence-corrected chi connectivity index (χ4v) is 2.01. The van der Waals surface area contributed by atoms with Crippen LogP contribution in [0.3, 0.4) is 0 Å². The molecule has 0 aromatic rings.